The summed E-state index contributed by atoms with van der Waals surface area (Å²) in [6.07, 6.45) is 1.57. The summed E-state index contributed by atoms with van der Waals surface area (Å²) in [5.41, 5.74) is 0. The Balaban J connectivity index is 2.39. The van der Waals surface area contributed by atoms with E-state index in [0.29, 0.717) is 6.61 Å². The minimum absolute atomic E-state index is 0.171. The molecule has 1 aliphatic rings. The van der Waals surface area contributed by atoms with E-state index in [4.69, 9.17) is 14.9 Å². The fraction of sp³-hybridized carbons (Fsp3) is 0.875. The molecule has 1 amide bonds. The molecule has 0 aromatic heterocycles. The topological polar surface area (TPSA) is 78.8 Å². The summed E-state index contributed by atoms with van der Waals surface area (Å²) in [4.78, 5) is 10.3. The van der Waals surface area contributed by atoms with Gasteiger partial charge in [-0.25, -0.2) is 4.79 Å². The maximum absolute atomic E-state index is 10.3. The zero-order valence-corrected chi connectivity index (χ0v) is 7.40. The molecular weight excluding hydrogens is 174 g/mol. The van der Waals surface area contributed by atoms with Crippen LogP contribution in [0, 0.1) is 0 Å². The van der Waals surface area contributed by atoms with E-state index in [1.807, 2.05) is 0 Å². The van der Waals surface area contributed by atoms with Crippen molar-refractivity contribution in [1.29, 1.82) is 0 Å². The number of nitrogens with one attached hydrogen (secondary N) is 1. The third kappa shape index (κ3) is 3.20. The van der Waals surface area contributed by atoms with Gasteiger partial charge in [-0.3, -0.25) is 0 Å². The first-order valence-electron chi connectivity index (χ1n) is 4.46. The molecule has 2 atom stereocenters. The average molecular weight is 189 g/mol. The number of carbonyl (C=O) groups is 1. The van der Waals surface area contributed by atoms with Crippen molar-refractivity contribution < 1.29 is 19.7 Å². The second kappa shape index (κ2) is 5.04. The van der Waals surface area contributed by atoms with Crippen molar-refractivity contribution in [2.75, 3.05) is 13.2 Å². The highest BCUT2D eigenvalue weighted by Gasteiger charge is 2.24. The maximum Gasteiger partial charge on any atom is 0.405 e. The zero-order valence-electron chi connectivity index (χ0n) is 7.40. The molecule has 1 unspecified atom stereocenters. The van der Waals surface area contributed by atoms with Gasteiger partial charge < -0.3 is 20.3 Å². The Morgan fingerprint density at radius 2 is 2.38 bits per heavy atom. The Labute approximate surface area is 76.7 Å². The monoisotopic (exact) mass is 189 g/mol. The molecule has 0 spiro atoms. The number of carboxylic acid groups (broad SMARTS) is 1. The van der Waals surface area contributed by atoms with Crippen molar-refractivity contribution in [1.82, 2.24) is 5.32 Å². The average Bonchev–Trinajstić information content (AvgIpc) is 2.15. The lowest BCUT2D eigenvalue weighted by Gasteiger charge is -2.28. The maximum atomic E-state index is 10.3. The van der Waals surface area contributed by atoms with E-state index in [0.717, 1.165) is 19.3 Å². The van der Waals surface area contributed by atoms with Crippen molar-refractivity contribution in [3.8, 4) is 0 Å². The highest BCUT2D eigenvalue weighted by Crippen LogP contribution is 2.15. The lowest BCUT2D eigenvalue weighted by molar-refractivity contribution is -0.0184. The van der Waals surface area contributed by atoms with Crippen LogP contribution in [-0.4, -0.2) is 41.7 Å². The Bertz CT molecular complexity index is 168. The lowest BCUT2D eigenvalue weighted by atomic mass is 10.0. The first kappa shape index (κ1) is 10.3. The standard InChI is InChI=1S/C8H15NO4/c10-5-6(9-8(11)12)7-3-1-2-4-13-7/h6-7,9-10H,1-5H2,(H,11,12)/t6-,7?/m0/s1. The van der Waals surface area contributed by atoms with Gasteiger partial charge in [-0.2, -0.15) is 0 Å². The van der Waals surface area contributed by atoms with E-state index in [2.05, 4.69) is 5.32 Å². The summed E-state index contributed by atoms with van der Waals surface area (Å²) in [6, 6.07) is -0.488. The summed E-state index contributed by atoms with van der Waals surface area (Å²) < 4.78 is 5.35. The summed E-state index contributed by atoms with van der Waals surface area (Å²) in [7, 11) is 0. The molecule has 3 N–H and O–H groups in total. The molecule has 13 heavy (non-hydrogen) atoms. The second-order valence-electron chi connectivity index (χ2n) is 3.14. The number of ether oxygens (including phenoxy) is 1. The molecule has 1 saturated heterocycles. The van der Waals surface area contributed by atoms with E-state index in [1.54, 1.807) is 0 Å². The molecule has 0 saturated carbocycles. The number of amides is 1. The molecule has 1 aliphatic heterocycles. The minimum atomic E-state index is -1.12. The van der Waals surface area contributed by atoms with Gasteiger partial charge in [0.25, 0.3) is 0 Å². The smallest absolute Gasteiger partial charge is 0.405 e. The number of hydrogen-bond acceptors (Lipinski definition) is 3. The number of hydrogen-bond donors (Lipinski definition) is 3. The quantitative estimate of drug-likeness (QED) is 0.592. The van der Waals surface area contributed by atoms with Crippen LogP contribution in [0.5, 0.6) is 0 Å². The van der Waals surface area contributed by atoms with Crippen molar-refractivity contribution in [2.24, 2.45) is 0 Å². The van der Waals surface area contributed by atoms with E-state index in [9.17, 15) is 4.79 Å². The molecule has 1 fully saturated rings. The van der Waals surface area contributed by atoms with Crippen LogP contribution in [0.4, 0.5) is 4.79 Å². The second-order valence-corrected chi connectivity index (χ2v) is 3.14. The number of rotatable bonds is 3. The molecule has 5 nitrogen and oxygen atoms in total. The van der Waals surface area contributed by atoms with E-state index in [-0.39, 0.29) is 12.7 Å². The number of aliphatic hydroxyl groups excluding tert-OH is 1. The predicted molar refractivity (Wildman–Crippen MR) is 45.6 cm³/mol. The van der Waals surface area contributed by atoms with Crippen LogP contribution in [-0.2, 0) is 4.74 Å². The summed E-state index contributed by atoms with van der Waals surface area (Å²) >= 11 is 0. The van der Waals surface area contributed by atoms with Gasteiger partial charge in [-0.05, 0) is 19.3 Å². The van der Waals surface area contributed by atoms with Crippen molar-refractivity contribution in [3.05, 3.63) is 0 Å². The summed E-state index contributed by atoms with van der Waals surface area (Å²) in [5.74, 6) is 0. The van der Waals surface area contributed by atoms with Crippen molar-refractivity contribution in [2.45, 2.75) is 31.4 Å². The van der Waals surface area contributed by atoms with Gasteiger partial charge in [0.15, 0.2) is 0 Å². The third-order valence-corrected chi connectivity index (χ3v) is 2.17. The molecule has 0 aromatic rings. The SMILES string of the molecule is O=C(O)N[C@@H](CO)C1CCCCO1. The summed E-state index contributed by atoms with van der Waals surface area (Å²) in [5, 5.41) is 19.6. The van der Waals surface area contributed by atoms with Crippen LogP contribution in [0.1, 0.15) is 19.3 Å². The first-order valence-corrected chi connectivity index (χ1v) is 4.46. The minimum Gasteiger partial charge on any atom is -0.465 e. The number of aliphatic hydroxyl groups is 1. The van der Waals surface area contributed by atoms with E-state index >= 15 is 0 Å². The highest BCUT2D eigenvalue weighted by atomic mass is 16.5. The molecule has 5 heteroatoms. The normalized spacial score (nSPS) is 25.2. The molecule has 0 aromatic carbocycles. The van der Waals surface area contributed by atoms with Crippen LogP contribution in [0.3, 0.4) is 0 Å². The van der Waals surface area contributed by atoms with Crippen molar-refractivity contribution >= 4 is 6.09 Å². The first-order chi connectivity index (χ1) is 6.24. The highest BCUT2D eigenvalue weighted by molar-refractivity contribution is 5.64. The Morgan fingerprint density at radius 1 is 1.62 bits per heavy atom. The fourth-order valence-corrected chi connectivity index (χ4v) is 1.50. The third-order valence-electron chi connectivity index (χ3n) is 2.17. The Morgan fingerprint density at radius 3 is 2.85 bits per heavy atom. The summed E-state index contributed by atoms with van der Waals surface area (Å²) in [6.45, 7) is 0.444. The van der Waals surface area contributed by atoms with E-state index in [1.165, 1.54) is 0 Å². The Hall–Kier alpha value is -0.810. The van der Waals surface area contributed by atoms with Gasteiger partial charge >= 0.3 is 6.09 Å². The van der Waals surface area contributed by atoms with Crippen LogP contribution in [0.2, 0.25) is 0 Å². The van der Waals surface area contributed by atoms with Crippen LogP contribution < -0.4 is 5.32 Å². The molecule has 0 radical (unpaired) electrons. The van der Waals surface area contributed by atoms with Gasteiger partial charge in [-0.15, -0.1) is 0 Å². The van der Waals surface area contributed by atoms with Gasteiger partial charge in [0.05, 0.1) is 18.8 Å². The van der Waals surface area contributed by atoms with Gasteiger partial charge in [0.1, 0.15) is 0 Å². The molecule has 1 heterocycles. The molecular formula is C8H15NO4. The Kier molecular flexibility index (Phi) is 3.98. The van der Waals surface area contributed by atoms with E-state index < -0.39 is 12.1 Å². The molecule has 0 aliphatic carbocycles. The van der Waals surface area contributed by atoms with Crippen LogP contribution in [0.15, 0.2) is 0 Å². The van der Waals surface area contributed by atoms with Crippen LogP contribution >= 0.6 is 0 Å². The van der Waals surface area contributed by atoms with Crippen molar-refractivity contribution in [3.63, 3.8) is 0 Å². The lowest BCUT2D eigenvalue weighted by Crippen LogP contribution is -2.47. The van der Waals surface area contributed by atoms with Gasteiger partial charge in [0, 0.05) is 6.61 Å². The van der Waals surface area contributed by atoms with Gasteiger partial charge in [0.2, 0.25) is 0 Å². The molecule has 0 bridgehead atoms. The predicted octanol–water partition coefficient (Wildman–Crippen LogP) is 0.184. The van der Waals surface area contributed by atoms with Gasteiger partial charge in [-0.1, -0.05) is 0 Å². The zero-order chi connectivity index (χ0) is 9.68. The molecule has 1 rings (SSSR count). The molecule has 76 valence electrons. The van der Waals surface area contributed by atoms with Crippen LogP contribution in [0.25, 0.3) is 0 Å². The fourth-order valence-electron chi connectivity index (χ4n) is 1.50. The largest absolute Gasteiger partial charge is 0.465 e.